The Morgan fingerprint density at radius 2 is 1.58 bits per heavy atom. The van der Waals surface area contributed by atoms with E-state index in [1.54, 1.807) is 18.5 Å². The van der Waals surface area contributed by atoms with E-state index in [9.17, 15) is 4.79 Å². The molecule has 0 fully saturated rings. The Morgan fingerprint density at radius 1 is 0.861 bits per heavy atom. The SMILES string of the molecule is N#CCc1ccc(OCc2ccccc2NC(=O)C=Cc2ccc(OCc3cccnc3)cc2)cc1. The zero-order chi connectivity index (χ0) is 25.0. The number of hydrogen-bond acceptors (Lipinski definition) is 5. The van der Waals surface area contributed by atoms with E-state index in [4.69, 9.17) is 14.7 Å². The fourth-order valence-electron chi connectivity index (χ4n) is 3.40. The van der Waals surface area contributed by atoms with Crippen molar-refractivity contribution in [1.29, 1.82) is 5.26 Å². The molecule has 0 spiro atoms. The minimum atomic E-state index is -0.236. The Labute approximate surface area is 210 Å². The van der Waals surface area contributed by atoms with Gasteiger partial charge < -0.3 is 14.8 Å². The molecule has 4 rings (SSSR count). The first-order valence-electron chi connectivity index (χ1n) is 11.5. The van der Waals surface area contributed by atoms with Gasteiger partial charge in [-0.25, -0.2) is 0 Å². The molecule has 6 nitrogen and oxygen atoms in total. The fraction of sp³-hybridized carbons (Fsp3) is 0.100. The van der Waals surface area contributed by atoms with E-state index in [1.165, 1.54) is 6.08 Å². The van der Waals surface area contributed by atoms with Crippen LogP contribution in [0.3, 0.4) is 0 Å². The molecule has 1 aromatic heterocycles. The summed E-state index contributed by atoms with van der Waals surface area (Å²) in [5, 5.41) is 11.7. The first kappa shape index (κ1) is 24.2. The highest BCUT2D eigenvalue weighted by molar-refractivity contribution is 6.02. The standard InChI is InChI=1S/C30H25N3O3/c31-18-17-24-9-14-28(15-10-24)36-22-26-5-1-2-6-29(26)33-30(34)16-11-23-7-12-27(13-8-23)35-21-25-4-3-19-32-20-25/h1-16,19-20H,17,21-22H2,(H,33,34). The first-order chi connectivity index (χ1) is 17.7. The average Bonchev–Trinajstić information content (AvgIpc) is 2.92. The average molecular weight is 476 g/mol. The molecule has 6 heteroatoms. The number of anilines is 1. The van der Waals surface area contributed by atoms with Gasteiger partial charge in [-0.3, -0.25) is 9.78 Å². The second-order valence-corrected chi connectivity index (χ2v) is 7.97. The van der Waals surface area contributed by atoms with Crippen LogP contribution in [0.2, 0.25) is 0 Å². The lowest BCUT2D eigenvalue weighted by Crippen LogP contribution is -2.10. The number of aromatic nitrogens is 1. The molecule has 0 aliphatic rings. The fourth-order valence-corrected chi connectivity index (χ4v) is 3.40. The molecule has 3 aromatic carbocycles. The molecular formula is C30H25N3O3. The molecule has 0 saturated carbocycles. The molecule has 1 N–H and O–H groups in total. The lowest BCUT2D eigenvalue weighted by atomic mass is 10.1. The van der Waals surface area contributed by atoms with Gasteiger partial charge in [-0.05, 0) is 53.6 Å². The largest absolute Gasteiger partial charge is 0.489 e. The third kappa shape index (κ3) is 7.31. The molecular weight excluding hydrogens is 450 g/mol. The molecule has 0 radical (unpaired) electrons. The molecule has 0 atom stereocenters. The van der Waals surface area contributed by atoms with Crippen molar-refractivity contribution in [2.45, 2.75) is 19.6 Å². The van der Waals surface area contributed by atoms with Gasteiger partial charge in [0.15, 0.2) is 0 Å². The smallest absolute Gasteiger partial charge is 0.248 e. The molecule has 178 valence electrons. The van der Waals surface area contributed by atoms with Crippen molar-refractivity contribution in [2.24, 2.45) is 0 Å². The molecule has 0 unspecified atom stereocenters. The summed E-state index contributed by atoms with van der Waals surface area (Å²) < 4.78 is 11.6. The van der Waals surface area contributed by atoms with Crippen LogP contribution >= 0.6 is 0 Å². The Kier molecular flexibility index (Phi) is 8.44. The van der Waals surface area contributed by atoms with Crippen LogP contribution in [-0.2, 0) is 24.4 Å². The summed E-state index contributed by atoms with van der Waals surface area (Å²) in [6.45, 7) is 0.749. The maximum atomic E-state index is 12.5. The molecule has 0 aliphatic heterocycles. The summed E-state index contributed by atoms with van der Waals surface area (Å²) in [5.74, 6) is 1.21. The van der Waals surface area contributed by atoms with Crippen LogP contribution in [0.1, 0.15) is 22.3 Å². The molecule has 1 heterocycles. The van der Waals surface area contributed by atoms with Crippen molar-refractivity contribution < 1.29 is 14.3 Å². The van der Waals surface area contributed by atoms with E-state index in [0.717, 1.165) is 28.0 Å². The van der Waals surface area contributed by atoms with E-state index in [1.807, 2.05) is 84.9 Å². The van der Waals surface area contributed by atoms with Crippen LogP contribution in [0.4, 0.5) is 5.69 Å². The van der Waals surface area contributed by atoms with Crippen molar-refractivity contribution in [3.05, 3.63) is 126 Å². The van der Waals surface area contributed by atoms with Crippen LogP contribution in [0, 0.1) is 11.3 Å². The maximum absolute atomic E-state index is 12.5. The Bertz CT molecular complexity index is 1340. The summed E-state index contributed by atoms with van der Waals surface area (Å²) >= 11 is 0. The lowest BCUT2D eigenvalue weighted by Gasteiger charge is -2.11. The summed E-state index contributed by atoms with van der Waals surface area (Å²) in [5.41, 5.74) is 4.37. The van der Waals surface area contributed by atoms with Gasteiger partial charge in [0.25, 0.3) is 0 Å². The minimum absolute atomic E-state index is 0.236. The number of ether oxygens (including phenoxy) is 2. The van der Waals surface area contributed by atoms with Crippen LogP contribution in [0.25, 0.3) is 6.08 Å². The van der Waals surface area contributed by atoms with E-state index in [2.05, 4.69) is 16.4 Å². The second kappa shape index (κ2) is 12.5. The van der Waals surface area contributed by atoms with E-state index in [-0.39, 0.29) is 5.91 Å². The van der Waals surface area contributed by atoms with Crippen LogP contribution in [-0.4, -0.2) is 10.9 Å². The van der Waals surface area contributed by atoms with Crippen molar-refractivity contribution in [3.63, 3.8) is 0 Å². The van der Waals surface area contributed by atoms with Gasteiger partial charge in [-0.1, -0.05) is 48.5 Å². The lowest BCUT2D eigenvalue weighted by molar-refractivity contribution is -0.111. The number of rotatable bonds is 10. The topological polar surface area (TPSA) is 84.2 Å². The maximum Gasteiger partial charge on any atom is 0.248 e. The van der Waals surface area contributed by atoms with Gasteiger partial charge >= 0.3 is 0 Å². The number of benzene rings is 3. The Balaban J connectivity index is 1.30. The zero-order valence-electron chi connectivity index (χ0n) is 19.6. The van der Waals surface area contributed by atoms with E-state index >= 15 is 0 Å². The zero-order valence-corrected chi connectivity index (χ0v) is 19.6. The van der Waals surface area contributed by atoms with Crippen LogP contribution < -0.4 is 14.8 Å². The quantitative estimate of drug-likeness (QED) is 0.286. The van der Waals surface area contributed by atoms with Crippen LogP contribution in [0.5, 0.6) is 11.5 Å². The Morgan fingerprint density at radius 3 is 2.31 bits per heavy atom. The molecule has 36 heavy (non-hydrogen) atoms. The number of nitrogens with one attached hydrogen (secondary N) is 1. The number of carbonyl (C=O) groups excluding carboxylic acids is 1. The number of amides is 1. The summed E-state index contributed by atoms with van der Waals surface area (Å²) in [7, 11) is 0. The monoisotopic (exact) mass is 475 g/mol. The first-order valence-corrected chi connectivity index (χ1v) is 11.5. The van der Waals surface area contributed by atoms with Gasteiger partial charge in [-0.2, -0.15) is 5.26 Å². The van der Waals surface area contributed by atoms with Crippen molar-refractivity contribution >= 4 is 17.7 Å². The third-order valence-corrected chi connectivity index (χ3v) is 5.31. The van der Waals surface area contributed by atoms with Crippen molar-refractivity contribution in [2.75, 3.05) is 5.32 Å². The summed E-state index contributed by atoms with van der Waals surface area (Å²) in [6.07, 6.45) is 7.12. The highest BCUT2D eigenvalue weighted by Gasteiger charge is 2.06. The van der Waals surface area contributed by atoms with E-state index < -0.39 is 0 Å². The molecule has 0 aliphatic carbocycles. The summed E-state index contributed by atoms with van der Waals surface area (Å²) in [4.78, 5) is 16.6. The van der Waals surface area contributed by atoms with Gasteiger partial charge in [0.2, 0.25) is 5.91 Å². The van der Waals surface area contributed by atoms with E-state index in [0.29, 0.717) is 31.1 Å². The van der Waals surface area contributed by atoms with Gasteiger partial charge in [0, 0.05) is 35.3 Å². The number of carbonyl (C=O) groups is 1. The second-order valence-electron chi connectivity index (χ2n) is 7.97. The molecule has 0 bridgehead atoms. The van der Waals surface area contributed by atoms with Gasteiger partial charge in [-0.15, -0.1) is 0 Å². The summed E-state index contributed by atoms with van der Waals surface area (Å²) in [6, 6.07) is 28.4. The predicted octanol–water partition coefficient (Wildman–Crippen LogP) is 5.96. The normalized spacial score (nSPS) is 10.5. The molecule has 4 aromatic rings. The number of nitrogens with zero attached hydrogens (tertiary/aromatic N) is 2. The van der Waals surface area contributed by atoms with Crippen molar-refractivity contribution in [3.8, 4) is 17.6 Å². The number of nitriles is 1. The Hall–Kier alpha value is -4.89. The predicted molar refractivity (Wildman–Crippen MR) is 139 cm³/mol. The minimum Gasteiger partial charge on any atom is -0.489 e. The molecule has 1 amide bonds. The number of pyridine rings is 1. The van der Waals surface area contributed by atoms with Gasteiger partial charge in [0.05, 0.1) is 12.5 Å². The van der Waals surface area contributed by atoms with Crippen molar-refractivity contribution in [1.82, 2.24) is 4.98 Å². The molecule has 0 saturated heterocycles. The van der Waals surface area contributed by atoms with Crippen LogP contribution in [0.15, 0.2) is 103 Å². The van der Waals surface area contributed by atoms with Gasteiger partial charge in [0.1, 0.15) is 24.7 Å². The highest BCUT2D eigenvalue weighted by atomic mass is 16.5. The third-order valence-electron chi connectivity index (χ3n) is 5.31. The highest BCUT2D eigenvalue weighted by Crippen LogP contribution is 2.20. The number of hydrogen-bond donors (Lipinski definition) is 1. The number of para-hydroxylation sites is 1.